The average molecular weight is 520 g/mol. The molecular formula is C27H45N5O5. The van der Waals surface area contributed by atoms with Crippen LogP contribution in [-0.4, -0.2) is 59.5 Å². The van der Waals surface area contributed by atoms with Gasteiger partial charge in [-0.2, -0.15) is 0 Å². The van der Waals surface area contributed by atoms with Gasteiger partial charge in [0.1, 0.15) is 18.1 Å². The summed E-state index contributed by atoms with van der Waals surface area (Å²) in [5, 5.41) is 17.7. The number of hydrogen-bond donors (Lipinski definition) is 6. The van der Waals surface area contributed by atoms with Crippen molar-refractivity contribution in [2.24, 2.45) is 23.3 Å². The molecule has 0 aromatic heterocycles. The largest absolute Gasteiger partial charge is 0.480 e. The molecule has 0 radical (unpaired) electrons. The van der Waals surface area contributed by atoms with E-state index in [1.54, 1.807) is 24.3 Å². The van der Waals surface area contributed by atoms with Crippen LogP contribution in [0.25, 0.3) is 0 Å². The highest BCUT2D eigenvalue weighted by molar-refractivity contribution is 5.94. The molecule has 1 aromatic carbocycles. The van der Waals surface area contributed by atoms with Gasteiger partial charge in [0.05, 0.1) is 6.04 Å². The molecule has 0 aliphatic carbocycles. The lowest BCUT2D eigenvalue weighted by Crippen LogP contribution is -2.57. The summed E-state index contributed by atoms with van der Waals surface area (Å²) in [6.45, 7) is 8.16. The van der Waals surface area contributed by atoms with E-state index < -0.39 is 47.9 Å². The summed E-state index contributed by atoms with van der Waals surface area (Å²) >= 11 is 0. The molecular weight excluding hydrogens is 474 g/mol. The molecule has 3 amide bonds. The van der Waals surface area contributed by atoms with Crippen molar-refractivity contribution in [3.63, 3.8) is 0 Å². The van der Waals surface area contributed by atoms with Crippen LogP contribution in [0, 0.1) is 11.8 Å². The summed E-state index contributed by atoms with van der Waals surface area (Å²) in [6, 6.07) is 5.22. The van der Waals surface area contributed by atoms with E-state index in [4.69, 9.17) is 11.5 Å². The Morgan fingerprint density at radius 3 is 1.86 bits per heavy atom. The summed E-state index contributed by atoms with van der Waals surface area (Å²) in [5.74, 6) is -2.45. The lowest BCUT2D eigenvalue weighted by atomic mass is 10.00. The molecule has 4 unspecified atom stereocenters. The summed E-state index contributed by atoms with van der Waals surface area (Å²) in [6.07, 6.45) is 2.49. The second-order valence-corrected chi connectivity index (χ2v) is 10.4. The van der Waals surface area contributed by atoms with E-state index >= 15 is 0 Å². The fourth-order valence-electron chi connectivity index (χ4n) is 3.95. The summed E-state index contributed by atoms with van der Waals surface area (Å²) in [4.78, 5) is 50.9. The van der Waals surface area contributed by atoms with Crippen LogP contribution in [-0.2, 0) is 25.6 Å². The predicted molar refractivity (Wildman–Crippen MR) is 143 cm³/mol. The predicted octanol–water partition coefficient (Wildman–Crippen LogP) is 1.32. The van der Waals surface area contributed by atoms with Crippen molar-refractivity contribution < 1.29 is 24.3 Å². The van der Waals surface area contributed by atoms with Gasteiger partial charge in [-0.1, -0.05) is 58.0 Å². The van der Waals surface area contributed by atoms with Crippen molar-refractivity contribution in [2.75, 3.05) is 6.54 Å². The number of carbonyl (C=O) groups is 4. The molecule has 37 heavy (non-hydrogen) atoms. The highest BCUT2D eigenvalue weighted by Gasteiger charge is 2.30. The number of rotatable bonds is 17. The third-order valence-electron chi connectivity index (χ3n) is 5.88. The second kappa shape index (κ2) is 16.7. The fourth-order valence-corrected chi connectivity index (χ4v) is 3.95. The fraction of sp³-hybridized carbons (Fsp3) is 0.630. The standard InChI is InChI=1S/C27H45N5O5/c1-17(2)14-20(29)24(33)30-21(12-8-9-13-28)25(34)31-22(15-18(3)4)26(35)32-23(27(36)37)16-19-10-6-5-7-11-19/h5-7,10-11,17-18,20-23H,8-9,12-16,28-29H2,1-4H3,(H,30,33)(H,31,34)(H,32,35)(H,36,37). The summed E-state index contributed by atoms with van der Waals surface area (Å²) in [5.41, 5.74) is 12.4. The number of amides is 3. The van der Waals surface area contributed by atoms with Gasteiger partial charge in [-0.25, -0.2) is 4.79 Å². The van der Waals surface area contributed by atoms with Crippen molar-refractivity contribution >= 4 is 23.7 Å². The first-order valence-corrected chi connectivity index (χ1v) is 13.1. The molecule has 1 rings (SSSR count). The minimum Gasteiger partial charge on any atom is -0.480 e. The molecule has 8 N–H and O–H groups in total. The van der Waals surface area contributed by atoms with E-state index in [0.29, 0.717) is 38.6 Å². The first kappa shape index (κ1) is 32.0. The molecule has 0 fully saturated rings. The quantitative estimate of drug-likeness (QED) is 0.168. The van der Waals surface area contributed by atoms with Crippen LogP contribution >= 0.6 is 0 Å². The third-order valence-corrected chi connectivity index (χ3v) is 5.88. The van der Waals surface area contributed by atoms with Gasteiger partial charge in [-0.3, -0.25) is 14.4 Å². The average Bonchev–Trinajstić information content (AvgIpc) is 2.82. The highest BCUT2D eigenvalue weighted by Crippen LogP contribution is 2.10. The van der Waals surface area contributed by atoms with Gasteiger partial charge in [0, 0.05) is 6.42 Å². The van der Waals surface area contributed by atoms with Crippen LogP contribution in [0.5, 0.6) is 0 Å². The third kappa shape index (κ3) is 12.7. The Labute approximate surface area is 220 Å². The molecule has 10 heteroatoms. The Balaban J connectivity index is 2.99. The Hall–Kier alpha value is -2.98. The van der Waals surface area contributed by atoms with Crippen molar-refractivity contribution in [1.29, 1.82) is 0 Å². The van der Waals surface area contributed by atoms with Crippen molar-refractivity contribution in [3.05, 3.63) is 35.9 Å². The van der Waals surface area contributed by atoms with E-state index in [1.165, 1.54) is 0 Å². The molecule has 0 saturated carbocycles. The first-order chi connectivity index (χ1) is 17.4. The highest BCUT2D eigenvalue weighted by atomic mass is 16.4. The van der Waals surface area contributed by atoms with Gasteiger partial charge in [-0.05, 0) is 56.0 Å². The van der Waals surface area contributed by atoms with E-state index in [0.717, 1.165) is 5.56 Å². The molecule has 10 nitrogen and oxygen atoms in total. The number of carboxylic acids is 1. The molecule has 4 atom stereocenters. The molecule has 0 saturated heterocycles. The maximum Gasteiger partial charge on any atom is 0.326 e. The minimum atomic E-state index is -1.17. The number of nitrogens with two attached hydrogens (primary N) is 2. The van der Waals surface area contributed by atoms with E-state index in [9.17, 15) is 24.3 Å². The van der Waals surface area contributed by atoms with Gasteiger partial charge < -0.3 is 32.5 Å². The van der Waals surface area contributed by atoms with Gasteiger partial charge in [-0.15, -0.1) is 0 Å². The lowest BCUT2D eigenvalue weighted by molar-refractivity contribution is -0.142. The normalized spacial score (nSPS) is 14.5. The number of carbonyl (C=O) groups excluding carboxylic acids is 3. The van der Waals surface area contributed by atoms with Crippen LogP contribution in [0.1, 0.15) is 65.4 Å². The second-order valence-electron chi connectivity index (χ2n) is 10.4. The van der Waals surface area contributed by atoms with Gasteiger partial charge in [0.15, 0.2) is 0 Å². The number of unbranched alkanes of at least 4 members (excludes halogenated alkanes) is 1. The number of nitrogens with one attached hydrogen (secondary N) is 3. The maximum absolute atomic E-state index is 13.2. The van der Waals surface area contributed by atoms with Gasteiger partial charge in [0.25, 0.3) is 0 Å². The zero-order valence-corrected chi connectivity index (χ0v) is 22.5. The monoisotopic (exact) mass is 519 g/mol. The Morgan fingerprint density at radius 2 is 1.32 bits per heavy atom. The van der Waals surface area contributed by atoms with E-state index in [-0.39, 0.29) is 18.3 Å². The smallest absolute Gasteiger partial charge is 0.326 e. The van der Waals surface area contributed by atoms with Crippen molar-refractivity contribution in [1.82, 2.24) is 16.0 Å². The van der Waals surface area contributed by atoms with Crippen LogP contribution in [0.15, 0.2) is 30.3 Å². The van der Waals surface area contributed by atoms with Gasteiger partial charge in [0.2, 0.25) is 17.7 Å². The lowest BCUT2D eigenvalue weighted by Gasteiger charge is -2.26. The summed E-state index contributed by atoms with van der Waals surface area (Å²) in [7, 11) is 0. The molecule has 0 bridgehead atoms. The number of benzene rings is 1. The van der Waals surface area contributed by atoms with Crippen molar-refractivity contribution in [2.45, 2.75) is 90.4 Å². The number of aliphatic carboxylic acids is 1. The molecule has 1 aromatic rings. The SMILES string of the molecule is CC(C)CC(N)C(=O)NC(CCCCN)C(=O)NC(CC(C)C)C(=O)NC(Cc1ccccc1)C(=O)O. The molecule has 0 aliphatic heterocycles. The maximum atomic E-state index is 13.2. The topological polar surface area (TPSA) is 177 Å². The van der Waals surface area contributed by atoms with E-state index in [2.05, 4.69) is 16.0 Å². The Morgan fingerprint density at radius 1 is 0.784 bits per heavy atom. The van der Waals surface area contributed by atoms with E-state index in [1.807, 2.05) is 33.8 Å². The van der Waals surface area contributed by atoms with Crippen LogP contribution in [0.2, 0.25) is 0 Å². The summed E-state index contributed by atoms with van der Waals surface area (Å²) < 4.78 is 0. The van der Waals surface area contributed by atoms with Crippen molar-refractivity contribution in [3.8, 4) is 0 Å². The Kier molecular flexibility index (Phi) is 14.5. The number of hydrogen-bond acceptors (Lipinski definition) is 6. The number of carboxylic acid groups (broad SMARTS) is 1. The zero-order chi connectivity index (χ0) is 28.0. The molecule has 208 valence electrons. The van der Waals surface area contributed by atoms with Crippen LogP contribution < -0.4 is 27.4 Å². The molecule has 0 aliphatic rings. The van der Waals surface area contributed by atoms with Crippen LogP contribution in [0.4, 0.5) is 0 Å². The zero-order valence-electron chi connectivity index (χ0n) is 22.5. The van der Waals surface area contributed by atoms with Crippen LogP contribution in [0.3, 0.4) is 0 Å². The molecule has 0 spiro atoms. The minimum absolute atomic E-state index is 0.0400. The molecule has 0 heterocycles. The van der Waals surface area contributed by atoms with Gasteiger partial charge >= 0.3 is 5.97 Å². The first-order valence-electron chi connectivity index (χ1n) is 13.1. The Bertz CT molecular complexity index is 862.